The van der Waals surface area contributed by atoms with Crippen LogP contribution in [0.4, 0.5) is 0 Å². The number of aryl methyl sites for hydroxylation is 1. The number of nitrogens with one attached hydrogen (secondary N) is 1. The summed E-state index contributed by atoms with van der Waals surface area (Å²) in [6.07, 6.45) is 5.26. The van der Waals surface area contributed by atoms with E-state index >= 15 is 0 Å². The SMILES string of the molecule is COc1ccc2sc(=O)n(Cc3nnc(SCC(=O)NC4CCCC4)n3CCc3ccccc3)c2c1. The van der Waals surface area contributed by atoms with Gasteiger partial charge in [-0.2, -0.15) is 0 Å². The molecule has 10 heteroatoms. The van der Waals surface area contributed by atoms with Crippen molar-refractivity contribution in [2.24, 2.45) is 0 Å². The molecule has 36 heavy (non-hydrogen) atoms. The molecule has 1 fully saturated rings. The molecule has 0 unspecified atom stereocenters. The van der Waals surface area contributed by atoms with Crippen molar-refractivity contribution in [1.29, 1.82) is 0 Å². The first kappa shape index (κ1) is 24.6. The van der Waals surface area contributed by atoms with Gasteiger partial charge in [0.1, 0.15) is 5.75 Å². The van der Waals surface area contributed by atoms with E-state index in [2.05, 4.69) is 27.6 Å². The van der Waals surface area contributed by atoms with Gasteiger partial charge in [-0.15, -0.1) is 10.2 Å². The Kier molecular flexibility index (Phi) is 7.72. The number of hydrogen-bond donors (Lipinski definition) is 1. The average Bonchev–Trinajstić information content (AvgIpc) is 3.62. The molecule has 0 atom stereocenters. The highest BCUT2D eigenvalue weighted by Crippen LogP contribution is 2.25. The van der Waals surface area contributed by atoms with Crippen molar-refractivity contribution in [3.63, 3.8) is 0 Å². The van der Waals surface area contributed by atoms with E-state index in [9.17, 15) is 9.59 Å². The fourth-order valence-electron chi connectivity index (χ4n) is 4.58. The Bertz CT molecular complexity index is 1390. The average molecular weight is 524 g/mol. The van der Waals surface area contributed by atoms with Gasteiger partial charge in [0.2, 0.25) is 5.91 Å². The Hall–Kier alpha value is -3.11. The molecule has 0 aliphatic heterocycles. The van der Waals surface area contributed by atoms with Crippen LogP contribution in [0.3, 0.4) is 0 Å². The molecule has 188 valence electrons. The number of rotatable bonds is 10. The number of ether oxygens (including phenoxy) is 1. The molecule has 0 saturated heterocycles. The van der Waals surface area contributed by atoms with E-state index in [4.69, 9.17) is 4.74 Å². The number of carbonyl (C=O) groups excluding carboxylic acids is 1. The number of benzene rings is 2. The fraction of sp³-hybridized carbons (Fsp3) is 0.385. The van der Waals surface area contributed by atoms with Gasteiger partial charge in [-0.3, -0.25) is 14.2 Å². The summed E-state index contributed by atoms with van der Waals surface area (Å²) in [6, 6.07) is 16.2. The van der Waals surface area contributed by atoms with Crippen molar-refractivity contribution >= 4 is 39.2 Å². The maximum atomic E-state index is 12.8. The van der Waals surface area contributed by atoms with E-state index in [0.717, 1.165) is 29.5 Å². The molecule has 2 heterocycles. The fourth-order valence-corrected chi connectivity index (χ4v) is 6.25. The first-order valence-corrected chi connectivity index (χ1v) is 14.0. The van der Waals surface area contributed by atoms with E-state index in [-0.39, 0.29) is 10.8 Å². The summed E-state index contributed by atoms with van der Waals surface area (Å²) in [7, 11) is 1.61. The topological polar surface area (TPSA) is 91.0 Å². The predicted octanol–water partition coefficient (Wildman–Crippen LogP) is 4.11. The standard InChI is InChI=1S/C26H29N5O3S2/c1-34-20-11-12-22-21(15-20)31(26(33)36-22)16-23-28-29-25(30(23)14-13-18-7-3-2-4-8-18)35-17-24(32)27-19-9-5-6-10-19/h2-4,7-8,11-12,15,19H,5-6,9-10,13-14,16-17H2,1H3,(H,27,32). The van der Waals surface area contributed by atoms with Crippen LogP contribution in [-0.2, 0) is 24.3 Å². The van der Waals surface area contributed by atoms with Crippen molar-refractivity contribution in [3.05, 3.63) is 69.6 Å². The molecule has 5 rings (SSSR count). The van der Waals surface area contributed by atoms with Crippen LogP contribution in [0.2, 0.25) is 0 Å². The van der Waals surface area contributed by atoms with Gasteiger partial charge in [0.15, 0.2) is 11.0 Å². The smallest absolute Gasteiger partial charge is 0.308 e. The quantitative estimate of drug-likeness (QED) is 0.315. The molecular formula is C26H29N5O3S2. The lowest BCUT2D eigenvalue weighted by Gasteiger charge is -2.13. The zero-order chi connectivity index (χ0) is 24.9. The minimum Gasteiger partial charge on any atom is -0.497 e. The predicted molar refractivity (Wildman–Crippen MR) is 143 cm³/mol. The summed E-state index contributed by atoms with van der Waals surface area (Å²) in [5, 5.41) is 12.7. The lowest BCUT2D eigenvalue weighted by Crippen LogP contribution is -2.33. The number of hydrogen-bond acceptors (Lipinski definition) is 7. The van der Waals surface area contributed by atoms with Crippen LogP contribution < -0.4 is 14.9 Å². The van der Waals surface area contributed by atoms with Crippen LogP contribution in [0.5, 0.6) is 5.75 Å². The molecule has 0 bridgehead atoms. The van der Waals surface area contributed by atoms with Gasteiger partial charge < -0.3 is 14.6 Å². The second-order valence-electron chi connectivity index (χ2n) is 8.91. The van der Waals surface area contributed by atoms with Gasteiger partial charge in [0, 0.05) is 18.7 Å². The van der Waals surface area contributed by atoms with E-state index in [1.165, 1.54) is 41.5 Å². The van der Waals surface area contributed by atoms with E-state index in [1.54, 1.807) is 11.7 Å². The molecule has 1 N–H and O–H groups in total. The van der Waals surface area contributed by atoms with Crippen molar-refractivity contribution in [2.45, 2.75) is 56.4 Å². The Labute approximate surface area is 217 Å². The number of thioether (sulfide) groups is 1. The molecule has 2 aromatic heterocycles. The maximum Gasteiger partial charge on any atom is 0.308 e. The highest BCUT2D eigenvalue weighted by Gasteiger charge is 2.20. The summed E-state index contributed by atoms with van der Waals surface area (Å²) in [4.78, 5) is 25.3. The molecule has 1 amide bonds. The Balaban J connectivity index is 1.38. The second kappa shape index (κ2) is 11.3. The lowest BCUT2D eigenvalue weighted by atomic mass is 10.1. The van der Waals surface area contributed by atoms with Crippen molar-refractivity contribution in [1.82, 2.24) is 24.6 Å². The van der Waals surface area contributed by atoms with Gasteiger partial charge in [0.05, 0.1) is 29.6 Å². The van der Waals surface area contributed by atoms with Crippen LogP contribution in [0, 0.1) is 0 Å². The van der Waals surface area contributed by atoms with Crippen LogP contribution in [0.25, 0.3) is 10.2 Å². The van der Waals surface area contributed by atoms with E-state index < -0.39 is 0 Å². The largest absolute Gasteiger partial charge is 0.497 e. The third-order valence-electron chi connectivity index (χ3n) is 6.49. The number of carbonyl (C=O) groups is 1. The summed E-state index contributed by atoms with van der Waals surface area (Å²) in [5.74, 6) is 1.70. The summed E-state index contributed by atoms with van der Waals surface area (Å²) < 4.78 is 10.0. The summed E-state index contributed by atoms with van der Waals surface area (Å²) in [6.45, 7) is 0.946. The van der Waals surface area contributed by atoms with Gasteiger partial charge in [-0.25, -0.2) is 0 Å². The van der Waals surface area contributed by atoms with Crippen LogP contribution >= 0.6 is 23.1 Å². The van der Waals surface area contributed by atoms with Crippen LogP contribution in [0.1, 0.15) is 37.1 Å². The van der Waals surface area contributed by atoms with Crippen molar-refractivity contribution in [2.75, 3.05) is 12.9 Å². The second-order valence-corrected chi connectivity index (χ2v) is 10.8. The van der Waals surface area contributed by atoms with Gasteiger partial charge in [-0.05, 0) is 37.0 Å². The highest BCUT2D eigenvalue weighted by molar-refractivity contribution is 7.99. The minimum atomic E-state index is -0.0546. The normalized spacial score (nSPS) is 13.9. The summed E-state index contributed by atoms with van der Waals surface area (Å²) in [5.41, 5.74) is 2.02. The first-order chi connectivity index (χ1) is 17.6. The Morgan fingerprint density at radius 2 is 1.94 bits per heavy atom. The number of thiazole rings is 1. The molecule has 0 spiro atoms. The molecule has 0 radical (unpaired) electrons. The number of aromatic nitrogens is 4. The Morgan fingerprint density at radius 3 is 2.72 bits per heavy atom. The maximum absolute atomic E-state index is 12.8. The number of amides is 1. The van der Waals surface area contributed by atoms with Gasteiger partial charge in [-0.1, -0.05) is 66.3 Å². The third-order valence-corrected chi connectivity index (χ3v) is 8.41. The molecule has 1 aliphatic carbocycles. The molecule has 1 aliphatic rings. The third kappa shape index (κ3) is 5.65. The van der Waals surface area contributed by atoms with Gasteiger partial charge in [0.25, 0.3) is 0 Å². The number of nitrogens with zero attached hydrogens (tertiary/aromatic N) is 4. The zero-order valence-electron chi connectivity index (χ0n) is 20.2. The minimum absolute atomic E-state index is 0.0261. The summed E-state index contributed by atoms with van der Waals surface area (Å²) >= 11 is 2.60. The van der Waals surface area contributed by atoms with E-state index in [1.807, 2.05) is 41.0 Å². The van der Waals surface area contributed by atoms with Crippen molar-refractivity contribution < 1.29 is 9.53 Å². The number of methoxy groups -OCH3 is 1. The molecule has 8 nitrogen and oxygen atoms in total. The molecular weight excluding hydrogens is 494 g/mol. The zero-order valence-corrected chi connectivity index (χ0v) is 21.8. The van der Waals surface area contributed by atoms with Crippen LogP contribution in [-0.4, -0.2) is 44.1 Å². The van der Waals surface area contributed by atoms with Gasteiger partial charge >= 0.3 is 4.87 Å². The number of fused-ring (bicyclic) bond motifs is 1. The van der Waals surface area contributed by atoms with E-state index in [0.29, 0.717) is 41.6 Å². The van der Waals surface area contributed by atoms with Crippen LogP contribution in [0.15, 0.2) is 58.5 Å². The lowest BCUT2D eigenvalue weighted by molar-refractivity contribution is -0.119. The first-order valence-electron chi connectivity index (χ1n) is 12.2. The van der Waals surface area contributed by atoms with Crippen molar-refractivity contribution in [3.8, 4) is 5.75 Å². The highest BCUT2D eigenvalue weighted by atomic mass is 32.2. The Morgan fingerprint density at radius 1 is 1.14 bits per heavy atom. The molecule has 2 aromatic carbocycles. The molecule has 4 aromatic rings. The molecule has 1 saturated carbocycles. The monoisotopic (exact) mass is 523 g/mol.